The van der Waals surface area contributed by atoms with E-state index >= 15 is 0 Å². The lowest BCUT2D eigenvalue weighted by atomic mass is 10.2. The molecule has 1 aromatic carbocycles. The molecule has 1 saturated heterocycles. The van der Waals surface area contributed by atoms with E-state index in [2.05, 4.69) is 27.3 Å². The summed E-state index contributed by atoms with van der Waals surface area (Å²) >= 11 is 1.43. The van der Waals surface area contributed by atoms with Crippen LogP contribution in [0.15, 0.2) is 35.5 Å². The molecule has 1 aliphatic heterocycles. The number of thioether (sulfide) groups is 1. The second-order valence-electron chi connectivity index (χ2n) is 6.12. The van der Waals surface area contributed by atoms with Crippen molar-refractivity contribution in [2.24, 2.45) is 0 Å². The normalized spacial score (nSPS) is 16.8. The van der Waals surface area contributed by atoms with E-state index < -0.39 is 0 Å². The van der Waals surface area contributed by atoms with Gasteiger partial charge in [0.15, 0.2) is 0 Å². The number of hydrogen-bond donors (Lipinski definition) is 0. The number of amides is 1. The lowest BCUT2D eigenvalue weighted by molar-refractivity contribution is -0.132. The fourth-order valence-electron chi connectivity index (χ4n) is 2.89. The molecule has 0 unspecified atom stereocenters. The molecule has 3 rings (SSSR count). The van der Waals surface area contributed by atoms with Gasteiger partial charge in [0.05, 0.1) is 11.8 Å². The summed E-state index contributed by atoms with van der Waals surface area (Å²) in [6.45, 7) is 9.23. The van der Waals surface area contributed by atoms with Crippen LogP contribution in [0, 0.1) is 0 Å². The molecule has 1 aliphatic rings. The van der Waals surface area contributed by atoms with Crippen LogP contribution in [0.5, 0.6) is 0 Å². The van der Waals surface area contributed by atoms with E-state index in [-0.39, 0.29) is 11.2 Å². The Morgan fingerprint density at radius 1 is 1.20 bits per heavy atom. The summed E-state index contributed by atoms with van der Waals surface area (Å²) < 4.78 is 1.75. The molecule has 0 radical (unpaired) electrons. The molecule has 2 heterocycles. The molecule has 0 spiro atoms. The first-order valence-electron chi connectivity index (χ1n) is 8.65. The van der Waals surface area contributed by atoms with Crippen LogP contribution in [0.1, 0.15) is 19.4 Å². The van der Waals surface area contributed by atoms with Crippen LogP contribution in [-0.4, -0.2) is 73.9 Å². The Bertz CT molecular complexity index is 683. The van der Waals surface area contributed by atoms with E-state index in [4.69, 9.17) is 0 Å². The molecule has 8 heteroatoms. The highest BCUT2D eigenvalue weighted by atomic mass is 32.2. The van der Waals surface area contributed by atoms with Crippen molar-refractivity contribution in [1.82, 2.24) is 30.0 Å². The number of hydrogen-bond acceptors (Lipinski definition) is 6. The van der Waals surface area contributed by atoms with Gasteiger partial charge in [-0.2, -0.15) is 0 Å². The fraction of sp³-hybridized carbons (Fsp3) is 0.529. The van der Waals surface area contributed by atoms with Crippen LogP contribution in [0.25, 0.3) is 0 Å². The van der Waals surface area contributed by atoms with Crippen LogP contribution in [0.4, 0.5) is 0 Å². The van der Waals surface area contributed by atoms with Gasteiger partial charge in [-0.15, -0.1) is 5.10 Å². The lowest BCUT2D eigenvalue weighted by Crippen LogP contribution is -2.50. The molecule has 1 fully saturated rings. The number of nitrogens with zero attached hydrogens (tertiary/aromatic N) is 6. The first-order chi connectivity index (χ1) is 12.2. The standard InChI is InChI=1S/C17H24N6OS/c1-3-21-9-11-22(12-10-21)16(24)14(2)25-17-18-19-20-23(17)13-15-7-5-4-6-8-15/h4-8,14H,3,9-13H2,1-2H3/t14-/m1/s1. The Kier molecular flexibility index (Phi) is 6.04. The van der Waals surface area contributed by atoms with Crippen LogP contribution in [-0.2, 0) is 11.3 Å². The van der Waals surface area contributed by atoms with Gasteiger partial charge in [-0.3, -0.25) is 4.79 Å². The van der Waals surface area contributed by atoms with Crippen molar-refractivity contribution in [1.29, 1.82) is 0 Å². The van der Waals surface area contributed by atoms with Crippen molar-refractivity contribution in [3.63, 3.8) is 0 Å². The maximum absolute atomic E-state index is 12.7. The maximum atomic E-state index is 12.7. The topological polar surface area (TPSA) is 67.2 Å². The zero-order valence-corrected chi connectivity index (χ0v) is 15.5. The quantitative estimate of drug-likeness (QED) is 0.725. The molecule has 0 aliphatic carbocycles. The molecule has 0 saturated carbocycles. The highest BCUT2D eigenvalue weighted by molar-refractivity contribution is 8.00. The molecule has 1 atom stereocenters. The number of carbonyl (C=O) groups excluding carboxylic acids is 1. The van der Waals surface area contributed by atoms with E-state index in [1.165, 1.54) is 11.8 Å². The van der Waals surface area contributed by atoms with Crippen molar-refractivity contribution in [2.45, 2.75) is 30.8 Å². The van der Waals surface area contributed by atoms with E-state index in [0.717, 1.165) is 38.3 Å². The van der Waals surface area contributed by atoms with Crippen molar-refractivity contribution in [3.05, 3.63) is 35.9 Å². The Morgan fingerprint density at radius 2 is 1.92 bits per heavy atom. The summed E-state index contributed by atoms with van der Waals surface area (Å²) in [6, 6.07) is 10.1. The second-order valence-corrected chi connectivity index (χ2v) is 7.43. The molecule has 1 aromatic heterocycles. The SMILES string of the molecule is CCN1CCN(C(=O)[C@@H](C)Sc2nnnn2Cc2ccccc2)CC1. The first-order valence-corrected chi connectivity index (χ1v) is 9.53. The van der Waals surface area contributed by atoms with Gasteiger partial charge >= 0.3 is 0 Å². The van der Waals surface area contributed by atoms with Crippen LogP contribution >= 0.6 is 11.8 Å². The third-order valence-corrected chi connectivity index (χ3v) is 5.49. The Balaban J connectivity index is 1.59. The van der Waals surface area contributed by atoms with E-state index in [9.17, 15) is 4.79 Å². The van der Waals surface area contributed by atoms with Gasteiger partial charge in [0, 0.05) is 26.2 Å². The second kappa shape index (κ2) is 8.44. The summed E-state index contributed by atoms with van der Waals surface area (Å²) in [4.78, 5) is 17.0. The number of benzene rings is 1. The highest BCUT2D eigenvalue weighted by Crippen LogP contribution is 2.23. The molecule has 25 heavy (non-hydrogen) atoms. The number of rotatable bonds is 6. The summed E-state index contributed by atoms with van der Waals surface area (Å²) in [5, 5.41) is 12.4. The minimum atomic E-state index is -0.200. The monoisotopic (exact) mass is 360 g/mol. The minimum absolute atomic E-state index is 0.162. The number of piperazine rings is 1. The Labute approximate surface area is 152 Å². The average molecular weight is 360 g/mol. The molecule has 134 valence electrons. The number of aromatic nitrogens is 4. The predicted molar refractivity (Wildman–Crippen MR) is 97.4 cm³/mol. The smallest absolute Gasteiger partial charge is 0.235 e. The zero-order chi connectivity index (χ0) is 17.6. The summed E-state index contributed by atoms with van der Waals surface area (Å²) in [5.74, 6) is 0.162. The lowest BCUT2D eigenvalue weighted by Gasteiger charge is -2.35. The summed E-state index contributed by atoms with van der Waals surface area (Å²) in [7, 11) is 0. The molecular formula is C17H24N6OS. The first kappa shape index (κ1) is 17.9. The number of likely N-dealkylation sites (N-methyl/N-ethyl adjacent to an activating group) is 1. The zero-order valence-electron chi connectivity index (χ0n) is 14.7. The van der Waals surface area contributed by atoms with Crippen molar-refractivity contribution < 1.29 is 4.79 Å². The third kappa shape index (κ3) is 4.58. The van der Waals surface area contributed by atoms with Gasteiger partial charge in [0.2, 0.25) is 11.1 Å². The number of tetrazole rings is 1. The van der Waals surface area contributed by atoms with Crippen LogP contribution in [0.2, 0.25) is 0 Å². The fourth-order valence-corrected chi connectivity index (χ4v) is 3.76. The molecule has 7 nitrogen and oxygen atoms in total. The van der Waals surface area contributed by atoms with E-state index in [0.29, 0.717) is 11.7 Å². The van der Waals surface area contributed by atoms with Gasteiger partial charge < -0.3 is 9.80 Å². The summed E-state index contributed by atoms with van der Waals surface area (Å²) in [6.07, 6.45) is 0. The van der Waals surface area contributed by atoms with Crippen molar-refractivity contribution in [3.8, 4) is 0 Å². The van der Waals surface area contributed by atoms with Gasteiger partial charge in [-0.25, -0.2) is 4.68 Å². The third-order valence-electron chi connectivity index (χ3n) is 4.44. The van der Waals surface area contributed by atoms with E-state index in [1.807, 2.05) is 42.2 Å². The molecular weight excluding hydrogens is 336 g/mol. The average Bonchev–Trinajstić information content (AvgIpc) is 3.08. The van der Waals surface area contributed by atoms with Crippen molar-refractivity contribution in [2.75, 3.05) is 32.7 Å². The largest absolute Gasteiger partial charge is 0.339 e. The Hall–Kier alpha value is -1.93. The molecule has 1 amide bonds. The van der Waals surface area contributed by atoms with Crippen molar-refractivity contribution >= 4 is 17.7 Å². The predicted octanol–water partition coefficient (Wildman–Crippen LogP) is 1.37. The highest BCUT2D eigenvalue weighted by Gasteiger charge is 2.26. The van der Waals surface area contributed by atoms with Gasteiger partial charge in [0.25, 0.3) is 0 Å². The van der Waals surface area contributed by atoms with Gasteiger partial charge in [0.1, 0.15) is 0 Å². The maximum Gasteiger partial charge on any atom is 0.235 e. The van der Waals surface area contributed by atoms with Crippen LogP contribution in [0.3, 0.4) is 0 Å². The van der Waals surface area contributed by atoms with Gasteiger partial charge in [-0.1, -0.05) is 49.0 Å². The summed E-state index contributed by atoms with van der Waals surface area (Å²) in [5.41, 5.74) is 1.13. The number of carbonyl (C=O) groups is 1. The van der Waals surface area contributed by atoms with E-state index in [1.54, 1.807) is 4.68 Å². The molecule has 2 aromatic rings. The molecule has 0 N–H and O–H groups in total. The molecule has 0 bridgehead atoms. The van der Waals surface area contributed by atoms with Gasteiger partial charge in [-0.05, 0) is 29.5 Å². The minimum Gasteiger partial charge on any atom is -0.339 e. The van der Waals surface area contributed by atoms with Crippen LogP contribution < -0.4 is 0 Å². The Morgan fingerprint density at radius 3 is 2.60 bits per heavy atom.